The molecule has 6 rings (SSSR count). The van der Waals surface area contributed by atoms with Gasteiger partial charge in [-0.05, 0) is 48.7 Å². The third-order valence-electron chi connectivity index (χ3n) is 7.21. The first-order valence-electron chi connectivity index (χ1n) is 13.9. The van der Waals surface area contributed by atoms with Crippen molar-refractivity contribution in [2.75, 3.05) is 18.5 Å². The molecule has 0 aliphatic carbocycles. The van der Waals surface area contributed by atoms with E-state index >= 15 is 0 Å². The van der Waals surface area contributed by atoms with Gasteiger partial charge in [0.15, 0.2) is 16.6 Å². The Morgan fingerprint density at radius 3 is 2.80 bits per heavy atom. The Labute approximate surface area is 260 Å². The van der Waals surface area contributed by atoms with Crippen LogP contribution in [0.4, 0.5) is 9.52 Å². The monoisotopic (exact) mass is 630 g/mol. The van der Waals surface area contributed by atoms with Crippen molar-refractivity contribution in [2.45, 2.75) is 31.8 Å². The number of carbonyl (C=O) groups is 2. The van der Waals surface area contributed by atoms with Crippen molar-refractivity contribution in [1.82, 2.24) is 35.3 Å². The maximum atomic E-state index is 14.5. The molecule has 1 amide bonds. The molecule has 3 N–H and O–H groups in total. The molecule has 3 aromatic heterocycles. The number of ether oxygens (including phenoxy) is 2. The first kappa shape index (κ1) is 29.8. The minimum Gasteiger partial charge on any atom is -0.488 e. The van der Waals surface area contributed by atoms with Crippen LogP contribution in [0.15, 0.2) is 66.7 Å². The number of nitrogens with zero attached hydrogens (tertiary/aromatic N) is 6. The van der Waals surface area contributed by atoms with Crippen LogP contribution >= 0.6 is 11.3 Å². The summed E-state index contributed by atoms with van der Waals surface area (Å²) >= 11 is 1.33. The fraction of sp³-hybridized carbons (Fsp3) is 0.233. The quantitative estimate of drug-likeness (QED) is 0.191. The van der Waals surface area contributed by atoms with Crippen LogP contribution in [0.25, 0.3) is 11.4 Å². The van der Waals surface area contributed by atoms with E-state index in [0.29, 0.717) is 41.8 Å². The highest BCUT2D eigenvalue weighted by Gasteiger charge is 2.35. The summed E-state index contributed by atoms with van der Waals surface area (Å²) in [6.07, 6.45) is 8.88. The van der Waals surface area contributed by atoms with Gasteiger partial charge in [-0.3, -0.25) is 14.8 Å². The van der Waals surface area contributed by atoms with E-state index in [0.717, 1.165) is 23.3 Å². The number of carboxylic acids is 1. The summed E-state index contributed by atoms with van der Waals surface area (Å²) in [4.78, 5) is 36.7. The van der Waals surface area contributed by atoms with E-state index in [1.54, 1.807) is 47.1 Å². The highest BCUT2D eigenvalue weighted by molar-refractivity contribution is 7.13. The van der Waals surface area contributed by atoms with Crippen LogP contribution < -0.4 is 20.1 Å². The van der Waals surface area contributed by atoms with Crippen molar-refractivity contribution in [3.8, 4) is 28.6 Å². The maximum absolute atomic E-state index is 14.5. The zero-order valence-electron chi connectivity index (χ0n) is 23.9. The first-order valence-corrected chi connectivity index (χ1v) is 14.8. The predicted octanol–water partition coefficient (Wildman–Crippen LogP) is 4.29. The zero-order chi connectivity index (χ0) is 31.4. The Bertz CT molecular complexity index is 1840. The SMILES string of the molecule is C[C@]1(CC(=O)Nc2nccs2)NCCc2cc(OCCn3cc(-c4cnccn4)nn3)c(Oc3ccc(C(=O)O)c(F)c3)cc21. The predicted molar refractivity (Wildman–Crippen MR) is 161 cm³/mol. The molecule has 0 fully saturated rings. The third kappa shape index (κ3) is 6.78. The molecule has 0 radical (unpaired) electrons. The van der Waals surface area contributed by atoms with Crippen LogP contribution in [0.1, 0.15) is 34.8 Å². The number of amides is 1. The number of aromatic carboxylic acids is 1. The molecule has 230 valence electrons. The molecule has 0 unspecified atom stereocenters. The molecule has 1 aliphatic rings. The summed E-state index contributed by atoms with van der Waals surface area (Å²) < 4.78 is 28.4. The lowest BCUT2D eigenvalue weighted by molar-refractivity contribution is -0.117. The van der Waals surface area contributed by atoms with Crippen LogP contribution in [0.2, 0.25) is 0 Å². The van der Waals surface area contributed by atoms with Gasteiger partial charge in [0.25, 0.3) is 0 Å². The highest BCUT2D eigenvalue weighted by Crippen LogP contribution is 2.41. The van der Waals surface area contributed by atoms with E-state index in [4.69, 9.17) is 9.47 Å². The number of thiazole rings is 1. The molecule has 0 saturated heterocycles. The minimum absolute atomic E-state index is 0.0826. The summed E-state index contributed by atoms with van der Waals surface area (Å²) in [5.74, 6) is -1.79. The molecule has 1 atom stereocenters. The molecule has 15 heteroatoms. The van der Waals surface area contributed by atoms with Crippen LogP contribution in [0.5, 0.6) is 17.2 Å². The normalized spacial score (nSPS) is 15.7. The Balaban J connectivity index is 1.26. The smallest absolute Gasteiger partial charge is 0.338 e. The average molecular weight is 631 g/mol. The second-order valence-corrected chi connectivity index (χ2v) is 11.3. The summed E-state index contributed by atoms with van der Waals surface area (Å²) in [5, 5.41) is 26.1. The van der Waals surface area contributed by atoms with Gasteiger partial charge in [-0.1, -0.05) is 5.21 Å². The Hall–Kier alpha value is -5.28. The molecule has 4 heterocycles. The average Bonchev–Trinajstić information content (AvgIpc) is 3.71. The van der Waals surface area contributed by atoms with Gasteiger partial charge in [0.2, 0.25) is 5.91 Å². The van der Waals surface area contributed by atoms with E-state index in [-0.39, 0.29) is 30.4 Å². The van der Waals surface area contributed by atoms with Gasteiger partial charge in [-0.2, -0.15) is 0 Å². The summed E-state index contributed by atoms with van der Waals surface area (Å²) in [6.45, 7) is 3.09. The second-order valence-electron chi connectivity index (χ2n) is 10.4. The number of anilines is 1. The van der Waals surface area contributed by atoms with Gasteiger partial charge in [0.05, 0.1) is 24.5 Å². The third-order valence-corrected chi connectivity index (χ3v) is 7.90. The number of carbonyl (C=O) groups excluding carboxylic acids is 1. The van der Waals surface area contributed by atoms with Crippen LogP contribution in [0, 0.1) is 5.82 Å². The standard InChI is InChI=1S/C30H27FN8O5S/c1-30(15-27(40)36-29-34-8-11-45-29)21-14-26(44-19-2-3-20(28(41)42)22(31)13-19)25(12-18(21)4-5-35-30)43-10-9-39-17-24(37-38-39)23-16-32-6-7-33-23/h2-3,6-8,11-14,16-17,35H,4-5,9-10,15H2,1H3,(H,41,42)(H,34,36,40)/t30-/m1/s1. The Morgan fingerprint density at radius 2 is 2.04 bits per heavy atom. The van der Waals surface area contributed by atoms with Crippen molar-refractivity contribution >= 4 is 28.3 Å². The highest BCUT2D eigenvalue weighted by atomic mass is 32.1. The lowest BCUT2D eigenvalue weighted by Crippen LogP contribution is -2.47. The lowest BCUT2D eigenvalue weighted by atomic mass is 9.81. The van der Waals surface area contributed by atoms with Gasteiger partial charge in [0, 0.05) is 48.5 Å². The van der Waals surface area contributed by atoms with E-state index in [2.05, 4.69) is 35.9 Å². The van der Waals surface area contributed by atoms with Crippen molar-refractivity contribution in [2.24, 2.45) is 0 Å². The number of hydrogen-bond donors (Lipinski definition) is 3. The van der Waals surface area contributed by atoms with Crippen molar-refractivity contribution in [3.63, 3.8) is 0 Å². The summed E-state index contributed by atoms with van der Waals surface area (Å²) in [5.41, 5.74) is 1.70. The van der Waals surface area contributed by atoms with Gasteiger partial charge < -0.3 is 25.2 Å². The molecule has 0 saturated carbocycles. The van der Waals surface area contributed by atoms with Gasteiger partial charge in [-0.15, -0.1) is 16.4 Å². The summed E-state index contributed by atoms with van der Waals surface area (Å²) in [7, 11) is 0. The molecule has 0 spiro atoms. The van der Waals surface area contributed by atoms with Gasteiger partial charge in [0.1, 0.15) is 29.6 Å². The molecular formula is C30H27FN8O5S. The minimum atomic E-state index is -1.38. The van der Waals surface area contributed by atoms with Crippen LogP contribution in [0.3, 0.4) is 0 Å². The van der Waals surface area contributed by atoms with Gasteiger partial charge >= 0.3 is 5.97 Å². The topological polar surface area (TPSA) is 166 Å². The van der Waals surface area contributed by atoms with Crippen LogP contribution in [-0.4, -0.2) is 60.1 Å². The number of halogens is 1. The fourth-order valence-corrected chi connectivity index (χ4v) is 5.62. The molecule has 5 aromatic rings. The first-order chi connectivity index (χ1) is 21.8. The number of rotatable bonds is 11. The number of fused-ring (bicyclic) bond motifs is 1. The maximum Gasteiger partial charge on any atom is 0.338 e. The zero-order valence-corrected chi connectivity index (χ0v) is 24.8. The number of carboxylic acid groups (broad SMARTS) is 1. The van der Waals surface area contributed by atoms with Crippen molar-refractivity contribution in [1.29, 1.82) is 0 Å². The molecule has 13 nitrogen and oxygen atoms in total. The number of benzene rings is 2. The number of nitrogens with one attached hydrogen (secondary N) is 2. The molecule has 0 bridgehead atoms. The van der Waals surface area contributed by atoms with Crippen molar-refractivity contribution in [3.05, 3.63) is 89.2 Å². The number of hydrogen-bond acceptors (Lipinski definition) is 11. The van der Waals surface area contributed by atoms with E-state index in [1.165, 1.54) is 17.4 Å². The van der Waals surface area contributed by atoms with Crippen molar-refractivity contribution < 1.29 is 28.6 Å². The van der Waals surface area contributed by atoms with Gasteiger partial charge in [-0.25, -0.2) is 18.9 Å². The Kier molecular flexibility index (Phi) is 8.44. The number of aromatic nitrogens is 6. The summed E-state index contributed by atoms with van der Waals surface area (Å²) in [6, 6.07) is 7.15. The largest absolute Gasteiger partial charge is 0.488 e. The molecular weight excluding hydrogens is 603 g/mol. The van der Waals surface area contributed by atoms with E-state index in [9.17, 15) is 19.1 Å². The lowest BCUT2D eigenvalue weighted by Gasteiger charge is -2.37. The molecule has 45 heavy (non-hydrogen) atoms. The molecule has 2 aromatic carbocycles. The van der Waals surface area contributed by atoms with E-state index < -0.39 is 22.9 Å². The second kappa shape index (κ2) is 12.8. The van der Waals surface area contributed by atoms with E-state index in [1.807, 2.05) is 13.0 Å². The molecule has 1 aliphatic heterocycles. The Morgan fingerprint density at radius 1 is 1.16 bits per heavy atom. The van der Waals surface area contributed by atoms with Crippen LogP contribution in [-0.2, 0) is 23.3 Å². The fourth-order valence-electron chi connectivity index (χ4n) is 5.08.